The lowest BCUT2D eigenvalue weighted by Gasteiger charge is -2.30. The van der Waals surface area contributed by atoms with E-state index < -0.39 is 0 Å². The maximum atomic E-state index is 5.32. The van der Waals surface area contributed by atoms with Crippen LogP contribution in [0.1, 0.15) is 45.4 Å². The van der Waals surface area contributed by atoms with Crippen molar-refractivity contribution in [2.24, 2.45) is 5.41 Å². The van der Waals surface area contributed by atoms with Crippen molar-refractivity contribution in [3.05, 3.63) is 0 Å². The lowest BCUT2D eigenvalue weighted by atomic mass is 9.77. The van der Waals surface area contributed by atoms with E-state index in [4.69, 9.17) is 28.4 Å². The minimum atomic E-state index is -0.0521. The Morgan fingerprint density at radius 3 is 0.966 bits per heavy atom. The molecule has 0 rings (SSSR count). The Labute approximate surface area is 186 Å². The van der Waals surface area contributed by atoms with Gasteiger partial charge < -0.3 is 28.4 Å². The van der Waals surface area contributed by atoms with Crippen LogP contribution in [0.5, 0.6) is 0 Å². The van der Waals surface area contributed by atoms with E-state index in [0.717, 1.165) is 18.1 Å². The Morgan fingerprint density at radius 2 is 0.759 bits per heavy atom. The third kappa shape index (κ3) is 14.9. The SMILES string of the molecule is COC(OC)[Si]CCCC(C)(CCC[Si]C(OC)OC)CCC[Si]C(OC)OC. The summed E-state index contributed by atoms with van der Waals surface area (Å²) in [7, 11) is 12.4. The summed E-state index contributed by atoms with van der Waals surface area (Å²) in [6, 6.07) is 3.49. The number of hydrogen-bond acceptors (Lipinski definition) is 6. The summed E-state index contributed by atoms with van der Waals surface area (Å²) in [5, 5.41) is 0. The van der Waals surface area contributed by atoms with Gasteiger partial charge in [0.05, 0.1) is 0 Å². The van der Waals surface area contributed by atoms with E-state index in [9.17, 15) is 0 Å². The Morgan fingerprint density at radius 1 is 0.517 bits per heavy atom. The van der Waals surface area contributed by atoms with Crippen molar-refractivity contribution in [3.8, 4) is 0 Å². The van der Waals surface area contributed by atoms with E-state index in [1.165, 1.54) is 38.5 Å². The molecule has 0 aromatic rings. The molecule has 0 aliphatic carbocycles. The minimum Gasteiger partial charge on any atom is -0.360 e. The van der Waals surface area contributed by atoms with Crippen molar-refractivity contribution in [2.45, 2.75) is 81.3 Å². The van der Waals surface area contributed by atoms with Crippen LogP contribution < -0.4 is 0 Å². The maximum Gasteiger partial charge on any atom is 0.136 e. The highest BCUT2D eigenvalue weighted by molar-refractivity contribution is 6.37. The summed E-state index contributed by atoms with van der Waals surface area (Å²) < 4.78 is 31.9. The molecule has 0 atom stereocenters. The summed E-state index contributed by atoms with van der Waals surface area (Å²) in [5.41, 5.74) is 0.375. The Hall–Kier alpha value is 0.411. The zero-order valence-electron chi connectivity index (χ0n) is 19.5. The van der Waals surface area contributed by atoms with Crippen molar-refractivity contribution in [1.29, 1.82) is 0 Å². The summed E-state index contributed by atoms with van der Waals surface area (Å²) in [6.45, 7) is 2.46. The van der Waals surface area contributed by atoms with Crippen LogP contribution in [0.4, 0.5) is 0 Å². The summed E-state index contributed by atoms with van der Waals surface area (Å²) in [6.07, 6.45) is 7.42. The lowest BCUT2D eigenvalue weighted by Crippen LogP contribution is -2.24. The smallest absolute Gasteiger partial charge is 0.136 e. The molecule has 0 amide bonds. The Kier molecular flexibility index (Phi) is 19.4. The second-order valence-corrected chi connectivity index (χ2v) is 11.5. The maximum absolute atomic E-state index is 5.32. The summed E-state index contributed by atoms with van der Waals surface area (Å²) in [4.78, 5) is 0. The first-order valence-corrected chi connectivity index (χ1v) is 14.2. The quantitative estimate of drug-likeness (QED) is 0.148. The molecular formula is C20H42O6Si3. The fourth-order valence-corrected chi connectivity index (χ4v) is 6.22. The molecule has 0 saturated carbocycles. The zero-order chi connectivity index (χ0) is 22.0. The molecule has 0 N–H and O–H groups in total. The number of ether oxygens (including phenoxy) is 6. The van der Waals surface area contributed by atoms with Crippen LogP contribution in [0.2, 0.25) is 18.1 Å². The van der Waals surface area contributed by atoms with E-state index in [1.54, 1.807) is 42.7 Å². The van der Waals surface area contributed by atoms with Crippen molar-refractivity contribution in [3.63, 3.8) is 0 Å². The highest BCUT2D eigenvalue weighted by Crippen LogP contribution is 2.36. The van der Waals surface area contributed by atoms with E-state index >= 15 is 0 Å². The molecule has 170 valence electrons. The van der Waals surface area contributed by atoms with Gasteiger partial charge in [-0.3, -0.25) is 0 Å². The van der Waals surface area contributed by atoms with Crippen LogP contribution in [0.15, 0.2) is 0 Å². The van der Waals surface area contributed by atoms with E-state index in [0.29, 0.717) is 34.0 Å². The second-order valence-electron chi connectivity index (χ2n) is 7.39. The molecule has 0 aromatic carbocycles. The predicted molar refractivity (Wildman–Crippen MR) is 121 cm³/mol. The van der Waals surface area contributed by atoms with Gasteiger partial charge in [0, 0.05) is 42.7 Å². The summed E-state index contributed by atoms with van der Waals surface area (Å²) >= 11 is 0. The zero-order valence-corrected chi connectivity index (χ0v) is 22.5. The topological polar surface area (TPSA) is 55.4 Å². The van der Waals surface area contributed by atoms with Crippen molar-refractivity contribution in [1.82, 2.24) is 0 Å². The first-order chi connectivity index (χ1) is 14.0. The van der Waals surface area contributed by atoms with Gasteiger partial charge in [-0.15, -0.1) is 0 Å². The average Bonchev–Trinajstić information content (AvgIpc) is 2.74. The fraction of sp³-hybridized carbons (Fsp3) is 1.00. The number of hydrogen-bond donors (Lipinski definition) is 0. The molecular weight excluding hydrogens is 420 g/mol. The van der Waals surface area contributed by atoms with Crippen LogP contribution in [-0.2, 0) is 28.4 Å². The van der Waals surface area contributed by atoms with E-state index in [-0.39, 0.29) is 17.7 Å². The standard InChI is InChI=1S/C20H42O6Si3/c1-20(11-8-14-27-17(21-2)22-3,12-9-15-28-18(23-4)24-5)13-10-16-29-19(25-6)26-7/h17-19H,8-16H2,1-7H3. The highest BCUT2D eigenvalue weighted by atomic mass is 28.2. The molecule has 0 saturated heterocycles. The van der Waals surface area contributed by atoms with Crippen molar-refractivity contribution >= 4 is 28.6 Å². The van der Waals surface area contributed by atoms with Crippen molar-refractivity contribution < 1.29 is 28.4 Å². The fourth-order valence-electron chi connectivity index (χ4n) is 3.37. The van der Waals surface area contributed by atoms with Gasteiger partial charge in [-0.1, -0.05) is 44.3 Å². The van der Waals surface area contributed by atoms with Crippen LogP contribution in [0, 0.1) is 5.41 Å². The van der Waals surface area contributed by atoms with Gasteiger partial charge in [0.1, 0.15) is 46.3 Å². The second kappa shape index (κ2) is 19.1. The van der Waals surface area contributed by atoms with E-state index in [2.05, 4.69) is 6.92 Å². The highest BCUT2D eigenvalue weighted by Gasteiger charge is 2.24. The van der Waals surface area contributed by atoms with Gasteiger partial charge in [-0.2, -0.15) is 0 Å². The molecule has 0 aliphatic rings. The Bertz CT molecular complexity index is 303. The molecule has 29 heavy (non-hydrogen) atoms. The van der Waals surface area contributed by atoms with Crippen molar-refractivity contribution in [2.75, 3.05) is 42.7 Å². The summed E-state index contributed by atoms with van der Waals surface area (Å²) in [5.74, 6) is -0.156. The molecule has 0 spiro atoms. The lowest BCUT2D eigenvalue weighted by molar-refractivity contribution is -0.0442. The van der Waals surface area contributed by atoms with Gasteiger partial charge >= 0.3 is 0 Å². The van der Waals surface area contributed by atoms with Crippen LogP contribution in [0.3, 0.4) is 0 Å². The molecule has 0 unspecified atom stereocenters. The third-order valence-corrected chi connectivity index (χ3v) is 9.43. The van der Waals surface area contributed by atoms with Gasteiger partial charge in [-0.05, 0) is 24.7 Å². The van der Waals surface area contributed by atoms with Gasteiger partial charge in [0.15, 0.2) is 0 Å². The van der Waals surface area contributed by atoms with Crippen LogP contribution in [-0.4, -0.2) is 89.0 Å². The van der Waals surface area contributed by atoms with Gasteiger partial charge in [0.2, 0.25) is 0 Å². The molecule has 9 heteroatoms. The predicted octanol–water partition coefficient (Wildman–Crippen LogP) is 3.43. The van der Waals surface area contributed by atoms with E-state index in [1.807, 2.05) is 0 Å². The van der Waals surface area contributed by atoms with Gasteiger partial charge in [-0.25, -0.2) is 0 Å². The first kappa shape index (κ1) is 29.4. The number of methoxy groups -OCH3 is 6. The minimum absolute atomic E-state index is 0.0521. The molecule has 0 aromatic heterocycles. The first-order valence-electron chi connectivity index (χ1n) is 10.4. The molecule has 6 radical (unpaired) electrons. The molecule has 0 heterocycles. The Balaban J connectivity index is 4.43. The van der Waals surface area contributed by atoms with Crippen LogP contribution >= 0.6 is 0 Å². The molecule has 0 fully saturated rings. The van der Waals surface area contributed by atoms with Crippen LogP contribution in [0.25, 0.3) is 0 Å². The molecule has 0 bridgehead atoms. The number of rotatable bonds is 21. The molecule has 6 nitrogen and oxygen atoms in total. The normalized spacial score (nSPS) is 12.6. The molecule has 0 aliphatic heterocycles. The largest absolute Gasteiger partial charge is 0.360 e. The third-order valence-electron chi connectivity index (χ3n) is 5.09. The monoisotopic (exact) mass is 462 g/mol. The average molecular weight is 463 g/mol. The van der Waals surface area contributed by atoms with Gasteiger partial charge in [0.25, 0.3) is 0 Å².